The number of nitrogens with zero attached hydrogens (tertiary/aromatic N) is 4. The lowest BCUT2D eigenvalue weighted by atomic mass is 9.96. The number of aryl methyl sites for hydroxylation is 1. The zero-order valence-electron chi connectivity index (χ0n) is 19.8. The van der Waals surface area contributed by atoms with Crippen LogP contribution in [-0.4, -0.2) is 51.7 Å². The molecule has 2 aromatic heterocycles. The van der Waals surface area contributed by atoms with E-state index in [1.807, 2.05) is 18.5 Å². The molecule has 1 amide bonds. The van der Waals surface area contributed by atoms with Crippen LogP contribution < -0.4 is 15.5 Å². The van der Waals surface area contributed by atoms with E-state index in [1.54, 1.807) is 6.33 Å². The van der Waals surface area contributed by atoms with Crippen LogP contribution in [0.15, 0.2) is 49.1 Å². The highest BCUT2D eigenvalue weighted by molar-refractivity contribution is 5.96. The van der Waals surface area contributed by atoms with Crippen molar-refractivity contribution >= 4 is 22.6 Å². The lowest BCUT2D eigenvalue weighted by molar-refractivity contribution is 0.0930. The highest BCUT2D eigenvalue weighted by Crippen LogP contribution is 2.33. The molecule has 1 saturated heterocycles. The number of aromatic amines is 1. The number of fused-ring (bicyclic) bond motifs is 2. The Hall–Kier alpha value is -3.78. The van der Waals surface area contributed by atoms with E-state index in [2.05, 4.69) is 61.9 Å². The molecule has 1 atom stereocenters. The Balaban J connectivity index is 1.30. The van der Waals surface area contributed by atoms with Gasteiger partial charge in [-0.3, -0.25) is 9.89 Å². The van der Waals surface area contributed by atoms with Crippen molar-refractivity contribution in [2.24, 2.45) is 0 Å². The standard InChI is InChI=1S/C27H29N7O/c1-17-9-20(22-12-31-32-13-22)11-24-25(17)29-16-30-26(24)34-8-6-18-4-5-19(10-21(18)15-34)27(35)33-23-3-2-7-28-14-23/h4-5,9-13,16,23,28H,2-3,6-8,14-15H2,1H3,(H,31,32)(H,33,35)/t23-/m0/s1. The van der Waals surface area contributed by atoms with Crippen molar-refractivity contribution < 1.29 is 4.79 Å². The number of aromatic nitrogens is 4. The first-order valence-electron chi connectivity index (χ1n) is 12.3. The van der Waals surface area contributed by atoms with E-state index in [9.17, 15) is 4.79 Å². The summed E-state index contributed by atoms with van der Waals surface area (Å²) in [5.74, 6) is 0.934. The molecule has 0 saturated carbocycles. The van der Waals surface area contributed by atoms with Gasteiger partial charge >= 0.3 is 0 Å². The molecule has 0 radical (unpaired) electrons. The maximum Gasteiger partial charge on any atom is 0.251 e. The number of amides is 1. The molecular formula is C27H29N7O. The first-order valence-corrected chi connectivity index (χ1v) is 12.3. The maximum atomic E-state index is 12.9. The minimum Gasteiger partial charge on any atom is -0.351 e. The molecule has 35 heavy (non-hydrogen) atoms. The lowest BCUT2D eigenvalue weighted by Gasteiger charge is -2.31. The second-order valence-corrected chi connectivity index (χ2v) is 9.55. The number of anilines is 1. The summed E-state index contributed by atoms with van der Waals surface area (Å²) in [6, 6.07) is 10.6. The van der Waals surface area contributed by atoms with E-state index in [0.29, 0.717) is 6.54 Å². The molecule has 8 nitrogen and oxygen atoms in total. The number of carbonyl (C=O) groups excluding carboxylic acids is 1. The average Bonchev–Trinajstić information content (AvgIpc) is 3.43. The Morgan fingerprint density at radius 2 is 2.09 bits per heavy atom. The van der Waals surface area contributed by atoms with E-state index >= 15 is 0 Å². The molecule has 6 rings (SSSR count). The van der Waals surface area contributed by atoms with E-state index in [4.69, 9.17) is 4.98 Å². The van der Waals surface area contributed by atoms with Crippen LogP contribution in [0.4, 0.5) is 5.82 Å². The normalized spacial score (nSPS) is 17.9. The number of piperidine rings is 1. The summed E-state index contributed by atoms with van der Waals surface area (Å²) in [5, 5.41) is 14.6. The van der Waals surface area contributed by atoms with Gasteiger partial charge < -0.3 is 15.5 Å². The zero-order chi connectivity index (χ0) is 23.8. The monoisotopic (exact) mass is 467 g/mol. The number of hydrogen-bond acceptors (Lipinski definition) is 6. The fourth-order valence-electron chi connectivity index (χ4n) is 5.28. The summed E-state index contributed by atoms with van der Waals surface area (Å²) in [6.45, 7) is 5.53. The number of carbonyl (C=O) groups is 1. The first kappa shape index (κ1) is 21.7. The van der Waals surface area contributed by atoms with Gasteiger partial charge in [0, 0.05) is 48.4 Å². The topological polar surface area (TPSA) is 98.8 Å². The molecule has 1 fully saturated rings. The second-order valence-electron chi connectivity index (χ2n) is 9.55. The molecule has 2 aliphatic heterocycles. The third-order valence-corrected chi connectivity index (χ3v) is 7.15. The van der Waals surface area contributed by atoms with E-state index in [1.165, 1.54) is 11.1 Å². The van der Waals surface area contributed by atoms with Crippen LogP contribution in [0.25, 0.3) is 22.0 Å². The summed E-state index contributed by atoms with van der Waals surface area (Å²) >= 11 is 0. The fraction of sp³-hybridized carbons (Fsp3) is 0.333. The highest BCUT2D eigenvalue weighted by atomic mass is 16.1. The second kappa shape index (κ2) is 9.11. The molecule has 0 aliphatic carbocycles. The quantitative estimate of drug-likeness (QED) is 0.426. The lowest BCUT2D eigenvalue weighted by Crippen LogP contribution is -2.45. The van der Waals surface area contributed by atoms with Crippen molar-refractivity contribution in [2.45, 2.75) is 38.8 Å². The van der Waals surface area contributed by atoms with Crippen LogP contribution in [0.5, 0.6) is 0 Å². The van der Waals surface area contributed by atoms with Crippen LogP contribution in [-0.2, 0) is 13.0 Å². The molecule has 4 aromatic rings. The van der Waals surface area contributed by atoms with Gasteiger partial charge in [0.15, 0.2) is 0 Å². The Labute approximate surface area is 204 Å². The summed E-state index contributed by atoms with van der Waals surface area (Å²) in [5.41, 5.74) is 7.40. The van der Waals surface area contributed by atoms with Crippen LogP contribution >= 0.6 is 0 Å². The predicted molar refractivity (Wildman–Crippen MR) is 136 cm³/mol. The predicted octanol–water partition coefficient (Wildman–Crippen LogP) is 3.37. The molecule has 2 aliphatic rings. The summed E-state index contributed by atoms with van der Waals surface area (Å²) in [6.07, 6.45) is 8.42. The Kier molecular flexibility index (Phi) is 5.66. The first-order chi connectivity index (χ1) is 17.2. The smallest absolute Gasteiger partial charge is 0.251 e. The van der Waals surface area contributed by atoms with Gasteiger partial charge in [-0.15, -0.1) is 0 Å². The largest absolute Gasteiger partial charge is 0.351 e. The minimum atomic E-state index is 0.00601. The van der Waals surface area contributed by atoms with Gasteiger partial charge in [0.2, 0.25) is 0 Å². The third-order valence-electron chi connectivity index (χ3n) is 7.15. The van der Waals surface area contributed by atoms with Gasteiger partial charge in [-0.1, -0.05) is 6.07 Å². The van der Waals surface area contributed by atoms with Crippen LogP contribution in [0.1, 0.15) is 39.9 Å². The van der Waals surface area contributed by atoms with Gasteiger partial charge in [-0.25, -0.2) is 9.97 Å². The molecule has 3 N–H and O–H groups in total. The summed E-state index contributed by atoms with van der Waals surface area (Å²) < 4.78 is 0. The third kappa shape index (κ3) is 4.25. The number of rotatable bonds is 4. The van der Waals surface area contributed by atoms with Gasteiger partial charge in [0.05, 0.1) is 11.7 Å². The highest BCUT2D eigenvalue weighted by Gasteiger charge is 2.23. The molecule has 2 aromatic carbocycles. The number of nitrogens with one attached hydrogen (secondary N) is 3. The Morgan fingerprint density at radius 1 is 1.14 bits per heavy atom. The Morgan fingerprint density at radius 3 is 2.91 bits per heavy atom. The maximum absolute atomic E-state index is 12.9. The average molecular weight is 468 g/mol. The van der Waals surface area contributed by atoms with E-state index < -0.39 is 0 Å². The van der Waals surface area contributed by atoms with E-state index in [0.717, 1.165) is 77.9 Å². The van der Waals surface area contributed by atoms with Gasteiger partial charge in [0.1, 0.15) is 12.1 Å². The van der Waals surface area contributed by atoms with E-state index in [-0.39, 0.29) is 11.9 Å². The zero-order valence-corrected chi connectivity index (χ0v) is 19.8. The van der Waals surface area contributed by atoms with Crippen molar-refractivity contribution in [2.75, 3.05) is 24.5 Å². The van der Waals surface area contributed by atoms with Crippen molar-refractivity contribution in [3.8, 4) is 11.1 Å². The van der Waals surface area contributed by atoms with Crippen molar-refractivity contribution in [3.05, 3.63) is 71.3 Å². The SMILES string of the molecule is Cc1cc(-c2cn[nH]c2)cc2c(N3CCc4ccc(C(=O)N[C@H]5CCCNC5)cc4C3)ncnc12. The number of H-pyrrole nitrogens is 1. The number of benzene rings is 2. The fourth-order valence-corrected chi connectivity index (χ4v) is 5.28. The minimum absolute atomic E-state index is 0.00601. The summed E-state index contributed by atoms with van der Waals surface area (Å²) in [4.78, 5) is 24.5. The number of hydrogen-bond donors (Lipinski definition) is 3. The Bertz CT molecular complexity index is 1380. The molecule has 4 heterocycles. The van der Waals surface area contributed by atoms with Crippen LogP contribution in [0.2, 0.25) is 0 Å². The van der Waals surface area contributed by atoms with Crippen molar-refractivity contribution in [3.63, 3.8) is 0 Å². The van der Waals surface area contributed by atoms with Gasteiger partial charge in [-0.05, 0) is 79.3 Å². The summed E-state index contributed by atoms with van der Waals surface area (Å²) in [7, 11) is 0. The molecule has 0 unspecified atom stereocenters. The van der Waals surface area contributed by atoms with Crippen LogP contribution in [0.3, 0.4) is 0 Å². The molecule has 0 bridgehead atoms. The van der Waals surface area contributed by atoms with Gasteiger partial charge in [-0.2, -0.15) is 5.10 Å². The van der Waals surface area contributed by atoms with Crippen molar-refractivity contribution in [1.29, 1.82) is 0 Å². The molecular weight excluding hydrogens is 438 g/mol. The molecule has 0 spiro atoms. The van der Waals surface area contributed by atoms with Crippen LogP contribution in [0, 0.1) is 6.92 Å². The van der Waals surface area contributed by atoms with Gasteiger partial charge in [0.25, 0.3) is 5.91 Å². The van der Waals surface area contributed by atoms with Crippen molar-refractivity contribution in [1.82, 2.24) is 30.8 Å². The molecule has 178 valence electrons. The molecule has 8 heteroatoms.